The van der Waals surface area contributed by atoms with E-state index in [2.05, 4.69) is 327 Å². The maximum atomic E-state index is 7.76. The molecule has 1 spiro atoms. The number of ether oxygens (including phenoxy) is 1. The predicted octanol–water partition coefficient (Wildman–Crippen LogP) is 23.2. The van der Waals surface area contributed by atoms with Crippen molar-refractivity contribution >= 4 is 84.1 Å². The van der Waals surface area contributed by atoms with Crippen LogP contribution < -0.4 is 14.5 Å². The van der Waals surface area contributed by atoms with Gasteiger partial charge in [0.05, 0.1) is 22.2 Å². The highest BCUT2D eigenvalue weighted by atomic mass is 16.5. The van der Waals surface area contributed by atoms with Crippen molar-refractivity contribution in [3.8, 4) is 56.0 Å². The molecule has 5 nitrogen and oxygen atoms in total. The average Bonchev–Trinajstić information content (AvgIpc) is 1.60. The Morgan fingerprint density at radius 2 is 0.910 bits per heavy atom. The minimum absolute atomic E-state index is 0.0997. The van der Waals surface area contributed by atoms with Crippen molar-refractivity contribution < 1.29 is 13.6 Å². The van der Waals surface area contributed by atoms with Crippen LogP contribution in [0.1, 0.15) is 47.2 Å². The highest BCUT2D eigenvalue weighted by Crippen LogP contribution is 2.65. The number of benzene rings is 13. The quantitative estimate of drug-likeness (QED) is 0.144. The molecule has 3 aliphatic rings. The van der Waals surface area contributed by atoms with E-state index >= 15 is 0 Å². The minimum Gasteiger partial charge on any atom is -0.455 e. The molecule has 420 valence electrons. The van der Waals surface area contributed by atoms with Gasteiger partial charge in [-0.3, -0.25) is 0 Å². The topological polar surface area (TPSA) is 42.0 Å². The molecular formula is C84H56N2O3. The molecule has 18 rings (SSSR count). The van der Waals surface area contributed by atoms with Crippen LogP contribution in [0, 0.1) is 0 Å². The highest BCUT2D eigenvalue weighted by molar-refractivity contribution is 6.17. The number of fused-ring (bicyclic) bond motifs is 16. The smallest absolute Gasteiger partial charge is 0.156 e. The van der Waals surface area contributed by atoms with Gasteiger partial charge < -0.3 is 23.4 Å². The van der Waals surface area contributed by atoms with Crippen LogP contribution in [-0.2, 0) is 10.8 Å². The normalized spacial score (nSPS) is 13.7. The van der Waals surface area contributed by atoms with E-state index in [9.17, 15) is 0 Å². The second kappa shape index (κ2) is 19.6. The van der Waals surface area contributed by atoms with E-state index in [-0.39, 0.29) is 5.41 Å². The molecule has 0 atom stereocenters. The Morgan fingerprint density at radius 3 is 1.66 bits per heavy atom. The lowest BCUT2D eigenvalue weighted by Gasteiger charge is -2.42. The van der Waals surface area contributed by atoms with Gasteiger partial charge >= 0.3 is 0 Å². The van der Waals surface area contributed by atoms with Crippen LogP contribution in [0.5, 0.6) is 11.5 Å². The van der Waals surface area contributed by atoms with Crippen molar-refractivity contribution in [3.63, 3.8) is 0 Å². The van der Waals surface area contributed by atoms with Gasteiger partial charge in [-0.1, -0.05) is 232 Å². The summed E-state index contributed by atoms with van der Waals surface area (Å²) in [6.07, 6.45) is 4.61. The number of hydrogen-bond acceptors (Lipinski definition) is 5. The van der Waals surface area contributed by atoms with Gasteiger partial charge in [0.15, 0.2) is 5.75 Å². The van der Waals surface area contributed by atoms with Gasteiger partial charge in [-0.25, -0.2) is 0 Å². The molecular weight excluding hydrogens is 1080 g/mol. The number of anilines is 6. The maximum absolute atomic E-state index is 7.76. The number of furan rings is 2. The zero-order valence-electron chi connectivity index (χ0n) is 49.0. The Bertz CT molecular complexity index is 5340. The molecule has 0 saturated heterocycles. The third kappa shape index (κ3) is 7.68. The summed E-state index contributed by atoms with van der Waals surface area (Å²) in [5.41, 5.74) is 24.3. The summed E-state index contributed by atoms with van der Waals surface area (Å²) in [4.78, 5) is 4.83. The Morgan fingerprint density at radius 1 is 0.326 bits per heavy atom. The van der Waals surface area contributed by atoms with E-state index in [1.165, 1.54) is 38.9 Å². The molecule has 0 saturated carbocycles. The predicted molar refractivity (Wildman–Crippen MR) is 366 cm³/mol. The van der Waals surface area contributed by atoms with E-state index in [0.29, 0.717) is 0 Å². The number of hydrogen-bond donors (Lipinski definition) is 0. The van der Waals surface area contributed by atoms with Crippen molar-refractivity contribution in [1.82, 2.24) is 0 Å². The summed E-state index contributed by atoms with van der Waals surface area (Å²) >= 11 is 0. The lowest BCUT2D eigenvalue weighted by molar-refractivity contribution is 0.437. The van der Waals surface area contributed by atoms with Crippen LogP contribution in [0.25, 0.3) is 94.5 Å². The number of nitrogens with zero attached hydrogens (tertiary/aromatic N) is 2. The van der Waals surface area contributed by atoms with Crippen molar-refractivity contribution in [2.75, 3.05) is 9.80 Å². The molecule has 15 aromatic rings. The first-order valence-electron chi connectivity index (χ1n) is 30.6. The van der Waals surface area contributed by atoms with Crippen LogP contribution in [-0.4, -0.2) is 0 Å². The molecule has 2 aliphatic carbocycles. The van der Waals surface area contributed by atoms with Gasteiger partial charge in [0, 0.05) is 66.6 Å². The van der Waals surface area contributed by atoms with Gasteiger partial charge in [0.1, 0.15) is 28.1 Å². The minimum atomic E-state index is -0.841. The van der Waals surface area contributed by atoms with Gasteiger partial charge in [-0.05, 0) is 141 Å². The van der Waals surface area contributed by atoms with Crippen molar-refractivity contribution in [2.24, 2.45) is 0 Å². The average molecular weight is 1140 g/mol. The summed E-state index contributed by atoms with van der Waals surface area (Å²) in [5, 5.41) is 4.17. The zero-order valence-corrected chi connectivity index (χ0v) is 49.0. The first kappa shape index (κ1) is 50.9. The van der Waals surface area contributed by atoms with E-state index in [1.807, 2.05) is 0 Å². The second-order valence-electron chi connectivity index (χ2n) is 24.3. The summed E-state index contributed by atoms with van der Waals surface area (Å²) < 4.78 is 21.6. The fourth-order valence-corrected chi connectivity index (χ4v) is 14.9. The lowest BCUT2D eigenvalue weighted by atomic mass is 9.66. The largest absolute Gasteiger partial charge is 0.455 e. The molecule has 0 unspecified atom stereocenters. The van der Waals surface area contributed by atoms with E-state index < -0.39 is 5.41 Å². The SMILES string of the molecule is CC1(C)C=Cc2cc(N(c3ccc4c(c3)C3(c5ccccc5-c5ccccc53)c3cccc(N(c5ccccc5)c5ccc(-c6ccccc6)c6oc7ccccc7c56)c3O4)c3cc(-c4ccc(-c5ccccc5)cc4)c4oc5ccccc5c4c3)ccc21. The molecule has 0 N–H and O–H groups in total. The van der Waals surface area contributed by atoms with Gasteiger partial charge in [-0.15, -0.1) is 0 Å². The standard InChI is InChI=1S/C84H56N2O3/c1-83(2)48-47-57-49-59(41-44-69(57)83)85(61-50-67(80-68(51-61)65-29-14-18-35-76(65)87-80)56-39-37-54(38-40-56)53-21-6-3-7-22-53)60-42-46-78-73(52-60)84(70-31-16-12-27-63(70)64-28-13-17-32-71(64)84)72-33-20-34-75(82(72)89-78)86(58-25-10-5-11-26-58)74-45-43-62(55-23-8-4-9-24-55)81-79(74)66-30-15-19-36-77(66)88-81/h3-52H,1-2H3. The highest BCUT2D eigenvalue weighted by Gasteiger charge is 2.52. The van der Waals surface area contributed by atoms with Crippen LogP contribution in [0.4, 0.5) is 34.1 Å². The molecule has 5 heteroatoms. The van der Waals surface area contributed by atoms with Crippen molar-refractivity contribution in [1.29, 1.82) is 0 Å². The fraction of sp³-hybridized carbons (Fsp3) is 0.0476. The number of allylic oxidation sites excluding steroid dienone is 1. The van der Waals surface area contributed by atoms with Gasteiger partial charge in [0.25, 0.3) is 0 Å². The van der Waals surface area contributed by atoms with Crippen LogP contribution in [0.2, 0.25) is 0 Å². The summed E-state index contributed by atoms with van der Waals surface area (Å²) in [6.45, 7) is 4.59. The molecule has 0 fully saturated rings. The Kier molecular flexibility index (Phi) is 11.2. The van der Waals surface area contributed by atoms with Gasteiger partial charge in [-0.2, -0.15) is 0 Å². The number of rotatable bonds is 9. The lowest BCUT2D eigenvalue weighted by Crippen LogP contribution is -2.33. The Hall–Kier alpha value is -11.4. The first-order valence-corrected chi connectivity index (χ1v) is 30.6. The maximum Gasteiger partial charge on any atom is 0.156 e. The molecule has 1 aliphatic heterocycles. The molecule has 0 bridgehead atoms. The summed E-state index contributed by atoms with van der Waals surface area (Å²) in [5.74, 6) is 1.56. The molecule has 2 aromatic heterocycles. The fourth-order valence-electron chi connectivity index (χ4n) is 14.9. The second-order valence-corrected chi connectivity index (χ2v) is 24.3. The van der Waals surface area contributed by atoms with E-state index in [4.69, 9.17) is 13.6 Å². The first-order chi connectivity index (χ1) is 43.9. The van der Waals surface area contributed by atoms with E-state index in [1.54, 1.807) is 0 Å². The summed E-state index contributed by atoms with van der Waals surface area (Å²) in [6, 6.07) is 105. The third-order valence-electron chi connectivity index (χ3n) is 19.0. The third-order valence-corrected chi connectivity index (χ3v) is 19.0. The zero-order chi connectivity index (χ0) is 59.0. The molecule has 0 amide bonds. The van der Waals surface area contributed by atoms with Crippen LogP contribution in [0.15, 0.2) is 306 Å². The van der Waals surface area contributed by atoms with Crippen LogP contribution >= 0.6 is 0 Å². The van der Waals surface area contributed by atoms with Crippen molar-refractivity contribution in [3.05, 3.63) is 331 Å². The monoisotopic (exact) mass is 1140 g/mol. The molecule has 89 heavy (non-hydrogen) atoms. The molecule has 3 heterocycles. The molecule has 0 radical (unpaired) electrons. The number of para-hydroxylation sites is 4. The van der Waals surface area contributed by atoms with E-state index in [0.717, 1.165) is 128 Å². The Balaban J connectivity index is 0.887. The Labute approximate surface area is 515 Å². The van der Waals surface area contributed by atoms with Gasteiger partial charge in [0.2, 0.25) is 0 Å². The summed E-state index contributed by atoms with van der Waals surface area (Å²) in [7, 11) is 0. The van der Waals surface area contributed by atoms with Crippen molar-refractivity contribution in [2.45, 2.75) is 24.7 Å². The molecule has 13 aromatic carbocycles. The van der Waals surface area contributed by atoms with Crippen LogP contribution in [0.3, 0.4) is 0 Å².